The van der Waals surface area contributed by atoms with Gasteiger partial charge in [-0.1, -0.05) is 6.92 Å². The summed E-state index contributed by atoms with van der Waals surface area (Å²) in [4.78, 5) is 4.31. The molecule has 1 aliphatic rings. The van der Waals surface area contributed by atoms with Crippen LogP contribution in [0.4, 0.5) is 0 Å². The van der Waals surface area contributed by atoms with Crippen LogP contribution in [-0.2, 0) is 29.7 Å². The highest BCUT2D eigenvalue weighted by atomic mass is 32.2. The summed E-state index contributed by atoms with van der Waals surface area (Å²) in [7, 11) is -3.24. The van der Waals surface area contributed by atoms with Gasteiger partial charge in [-0.2, -0.15) is 9.40 Å². The number of fused-ring (bicyclic) bond motifs is 1. The minimum absolute atomic E-state index is 0.169. The molecule has 0 radical (unpaired) electrons. The van der Waals surface area contributed by atoms with Crippen LogP contribution < -0.4 is 0 Å². The summed E-state index contributed by atoms with van der Waals surface area (Å²) in [5.74, 6) is 1.16. The molecular weight excluding hydrogens is 302 g/mol. The molecule has 0 aromatic carbocycles. The molecule has 22 heavy (non-hydrogen) atoms. The first kappa shape index (κ1) is 15.2. The van der Waals surface area contributed by atoms with Crippen molar-refractivity contribution in [3.63, 3.8) is 0 Å². The van der Waals surface area contributed by atoms with Gasteiger partial charge in [0.05, 0.1) is 12.3 Å². The first-order valence-corrected chi connectivity index (χ1v) is 9.14. The molecule has 2 aromatic rings. The number of imidazole rings is 1. The van der Waals surface area contributed by atoms with E-state index in [0.717, 1.165) is 12.4 Å². The molecule has 1 atom stereocenters. The maximum atomic E-state index is 12.5. The van der Waals surface area contributed by atoms with Gasteiger partial charge in [-0.15, -0.1) is 0 Å². The molecule has 7 nitrogen and oxygen atoms in total. The van der Waals surface area contributed by atoms with Crippen molar-refractivity contribution in [3.05, 3.63) is 36.7 Å². The summed E-state index contributed by atoms with van der Waals surface area (Å²) in [6.07, 6.45) is 7.92. The highest BCUT2D eigenvalue weighted by molar-refractivity contribution is 7.89. The van der Waals surface area contributed by atoms with Gasteiger partial charge in [-0.25, -0.2) is 13.4 Å². The highest BCUT2D eigenvalue weighted by Gasteiger charge is 2.29. The van der Waals surface area contributed by atoms with Crippen molar-refractivity contribution in [2.75, 3.05) is 12.3 Å². The summed E-state index contributed by atoms with van der Waals surface area (Å²) in [5.41, 5.74) is 0. The largest absolute Gasteiger partial charge is 0.333 e. The lowest BCUT2D eigenvalue weighted by Crippen LogP contribution is -2.36. The van der Waals surface area contributed by atoms with Crippen LogP contribution in [0.5, 0.6) is 0 Å². The lowest BCUT2D eigenvalue weighted by atomic mass is 10.1. The van der Waals surface area contributed by atoms with Gasteiger partial charge in [-0.05, 0) is 12.5 Å². The van der Waals surface area contributed by atoms with Gasteiger partial charge in [0.15, 0.2) is 0 Å². The molecule has 1 aliphatic heterocycles. The Bertz CT molecular complexity index is 707. The number of hydrogen-bond donors (Lipinski definition) is 0. The van der Waals surface area contributed by atoms with Crippen LogP contribution in [0.2, 0.25) is 0 Å². The minimum Gasteiger partial charge on any atom is -0.333 e. The number of rotatable bonds is 5. The smallest absolute Gasteiger partial charge is 0.214 e. The molecule has 0 saturated carbocycles. The van der Waals surface area contributed by atoms with E-state index < -0.39 is 10.0 Å². The fraction of sp³-hybridized carbons (Fsp3) is 0.571. The monoisotopic (exact) mass is 323 g/mol. The Morgan fingerprint density at radius 3 is 2.86 bits per heavy atom. The second kappa shape index (κ2) is 6.21. The highest BCUT2D eigenvalue weighted by Crippen LogP contribution is 2.20. The lowest BCUT2D eigenvalue weighted by molar-refractivity contribution is 0.302. The number of sulfonamides is 1. The molecule has 0 spiro atoms. The van der Waals surface area contributed by atoms with E-state index in [-0.39, 0.29) is 11.7 Å². The fourth-order valence-corrected chi connectivity index (χ4v) is 4.42. The van der Waals surface area contributed by atoms with Gasteiger partial charge in [0.2, 0.25) is 10.0 Å². The van der Waals surface area contributed by atoms with Crippen LogP contribution in [-0.4, -0.2) is 44.4 Å². The van der Waals surface area contributed by atoms with Gasteiger partial charge in [-0.3, -0.25) is 4.68 Å². The molecule has 0 N–H and O–H groups in total. The van der Waals surface area contributed by atoms with E-state index >= 15 is 0 Å². The van der Waals surface area contributed by atoms with Gasteiger partial charge in [0.1, 0.15) is 5.82 Å². The minimum atomic E-state index is -3.24. The van der Waals surface area contributed by atoms with Crippen molar-refractivity contribution in [2.24, 2.45) is 5.92 Å². The summed E-state index contributed by atoms with van der Waals surface area (Å²) in [6.45, 7) is 4.20. The van der Waals surface area contributed by atoms with Gasteiger partial charge < -0.3 is 4.57 Å². The van der Waals surface area contributed by atoms with Crippen molar-refractivity contribution < 1.29 is 8.42 Å². The summed E-state index contributed by atoms with van der Waals surface area (Å²) in [6, 6.07) is 1.88. The van der Waals surface area contributed by atoms with Gasteiger partial charge >= 0.3 is 0 Å². The van der Waals surface area contributed by atoms with Crippen LogP contribution in [0.25, 0.3) is 0 Å². The Hall–Kier alpha value is -1.67. The fourth-order valence-electron chi connectivity index (χ4n) is 2.89. The second-order valence-corrected chi connectivity index (χ2v) is 7.79. The summed E-state index contributed by atoms with van der Waals surface area (Å²) < 4.78 is 30.5. The van der Waals surface area contributed by atoms with Crippen LogP contribution in [0.15, 0.2) is 30.9 Å². The molecule has 0 saturated heterocycles. The molecule has 3 rings (SSSR count). The van der Waals surface area contributed by atoms with E-state index in [1.54, 1.807) is 16.7 Å². The molecule has 0 amide bonds. The van der Waals surface area contributed by atoms with Crippen LogP contribution in [0.3, 0.4) is 0 Å². The predicted molar refractivity (Wildman–Crippen MR) is 82.4 cm³/mol. The Morgan fingerprint density at radius 1 is 1.27 bits per heavy atom. The lowest BCUT2D eigenvalue weighted by Gasteiger charge is -2.23. The zero-order chi connectivity index (χ0) is 15.6. The van der Waals surface area contributed by atoms with Gasteiger partial charge in [0, 0.05) is 50.3 Å². The standard InChI is InChI=1S/C14H21N5O2S/c1-2-8-22(20,21)19-11-13(10-18-6-3-4-16-18)9-17-7-5-15-14(17)12-19/h3-7,13H,2,8-12H2,1H3/t13-/m1/s1. The zero-order valence-electron chi connectivity index (χ0n) is 12.7. The van der Waals surface area contributed by atoms with E-state index in [4.69, 9.17) is 0 Å². The SMILES string of the molecule is CCCS(=O)(=O)N1Cc2nccn2C[C@H](Cn2cccn2)C1. The zero-order valence-corrected chi connectivity index (χ0v) is 13.5. The van der Waals surface area contributed by atoms with E-state index in [9.17, 15) is 8.42 Å². The molecule has 0 fully saturated rings. The normalized spacial score (nSPS) is 19.8. The topological polar surface area (TPSA) is 73.0 Å². The van der Waals surface area contributed by atoms with Crippen LogP contribution >= 0.6 is 0 Å². The summed E-state index contributed by atoms with van der Waals surface area (Å²) in [5, 5.41) is 4.23. The molecule has 0 unspecified atom stereocenters. The van der Waals surface area contributed by atoms with E-state index in [2.05, 4.69) is 14.6 Å². The van der Waals surface area contributed by atoms with Crippen molar-refractivity contribution in [1.82, 2.24) is 23.6 Å². The third kappa shape index (κ3) is 3.22. The number of nitrogens with zero attached hydrogens (tertiary/aromatic N) is 5. The predicted octanol–water partition coefficient (Wildman–Crippen LogP) is 0.951. The van der Waals surface area contributed by atoms with E-state index in [1.807, 2.05) is 30.1 Å². The third-order valence-corrected chi connectivity index (χ3v) is 5.89. The van der Waals surface area contributed by atoms with Crippen molar-refractivity contribution in [1.29, 1.82) is 0 Å². The Morgan fingerprint density at radius 2 is 2.14 bits per heavy atom. The first-order chi connectivity index (χ1) is 10.6. The third-order valence-electron chi connectivity index (χ3n) is 3.90. The molecule has 120 valence electrons. The van der Waals surface area contributed by atoms with E-state index in [0.29, 0.717) is 26.1 Å². The Balaban J connectivity index is 1.86. The maximum absolute atomic E-state index is 12.5. The average Bonchev–Trinajstić information content (AvgIpc) is 3.08. The van der Waals surface area contributed by atoms with Crippen LogP contribution in [0, 0.1) is 5.92 Å². The van der Waals surface area contributed by atoms with Crippen molar-refractivity contribution >= 4 is 10.0 Å². The molecule has 0 aliphatic carbocycles. The number of hydrogen-bond acceptors (Lipinski definition) is 4. The Kier molecular flexibility index (Phi) is 4.30. The van der Waals surface area contributed by atoms with E-state index in [1.165, 1.54) is 0 Å². The number of aromatic nitrogens is 4. The second-order valence-electron chi connectivity index (χ2n) is 5.70. The molecular formula is C14H21N5O2S. The first-order valence-electron chi connectivity index (χ1n) is 7.53. The van der Waals surface area contributed by atoms with Gasteiger partial charge in [0.25, 0.3) is 0 Å². The molecule has 2 aromatic heterocycles. The quantitative estimate of drug-likeness (QED) is 0.821. The molecule has 0 bridgehead atoms. The maximum Gasteiger partial charge on any atom is 0.214 e. The molecule has 3 heterocycles. The van der Waals surface area contributed by atoms with Crippen molar-refractivity contribution in [2.45, 2.75) is 33.0 Å². The molecule has 8 heteroatoms. The Labute approximate surface area is 130 Å². The van der Waals surface area contributed by atoms with Crippen molar-refractivity contribution in [3.8, 4) is 0 Å². The summed E-state index contributed by atoms with van der Waals surface area (Å²) >= 11 is 0. The van der Waals surface area contributed by atoms with Crippen LogP contribution in [0.1, 0.15) is 19.2 Å². The average molecular weight is 323 g/mol.